The largest absolute Gasteiger partial charge is 0.164 e. The van der Waals surface area contributed by atoms with Crippen LogP contribution in [0, 0.1) is 0 Å². The molecule has 0 saturated heterocycles. The van der Waals surface area contributed by atoms with Crippen molar-refractivity contribution in [2.45, 2.75) is 11.3 Å². The molecular formula is C62H6S. The average Bonchev–Trinajstić information content (AvgIpc) is 4.13. The second-order valence-electron chi connectivity index (χ2n) is 23.7. The second-order valence-corrected chi connectivity index (χ2v) is 24.5. The van der Waals surface area contributed by atoms with E-state index in [-0.39, 0.29) is 5.41 Å². The van der Waals surface area contributed by atoms with Gasteiger partial charge in [-0.05, 0) is 319 Å². The van der Waals surface area contributed by atoms with Gasteiger partial charge in [0.2, 0.25) is 0 Å². The molecule has 0 N–H and O–H groups in total. The predicted molar refractivity (Wildman–Crippen MR) is 273 cm³/mol. The lowest BCUT2D eigenvalue weighted by Gasteiger charge is -2.45. The Balaban J connectivity index is 1.30. The molecule has 0 atom stereocenters. The van der Waals surface area contributed by atoms with Gasteiger partial charge in [-0.3, -0.25) is 0 Å². The molecule has 260 valence electrons. The summed E-state index contributed by atoms with van der Waals surface area (Å²) in [4.78, 5) is 0. The van der Waals surface area contributed by atoms with Crippen LogP contribution in [0.3, 0.4) is 0 Å². The minimum absolute atomic E-state index is 0.0786. The maximum absolute atomic E-state index is 2.46. The van der Waals surface area contributed by atoms with Crippen molar-refractivity contribution in [1.82, 2.24) is 0 Å². The van der Waals surface area contributed by atoms with Gasteiger partial charge >= 0.3 is 0 Å². The number of thioether (sulfide) groups is 1. The first kappa shape index (κ1) is 22.8. The first-order valence-electron chi connectivity index (χ1n) is 23.7. The van der Waals surface area contributed by atoms with Gasteiger partial charge in [-0.1, -0.05) is 0 Å². The predicted octanol–water partition coefficient (Wildman–Crippen LogP) is 17.5. The summed E-state index contributed by atoms with van der Waals surface area (Å²) in [7, 11) is 0. The topological polar surface area (TPSA) is 0 Å². The number of benzene rings is 18. The third-order valence-corrected chi connectivity index (χ3v) is 24.4. The monoisotopic (exact) mass is 782 g/mol. The summed E-state index contributed by atoms with van der Waals surface area (Å²) in [6.07, 6.45) is 2.46. The van der Waals surface area contributed by atoms with Crippen LogP contribution in [-0.2, 0) is 5.41 Å². The van der Waals surface area contributed by atoms with Crippen molar-refractivity contribution in [3.63, 3.8) is 0 Å². The van der Waals surface area contributed by atoms with E-state index < -0.39 is 0 Å². The van der Waals surface area contributed by atoms with Crippen molar-refractivity contribution >= 4 is 303 Å². The Morgan fingerprint density at radius 1 is 0.222 bits per heavy atom. The molecule has 4 aliphatic rings. The Hall–Kier alpha value is -7.19. The fourth-order valence-electron chi connectivity index (χ4n) is 23.8. The van der Waals surface area contributed by atoms with E-state index in [2.05, 4.69) is 18.0 Å². The van der Waals surface area contributed by atoms with Crippen LogP contribution in [-0.4, -0.2) is 12.0 Å². The summed E-state index contributed by atoms with van der Waals surface area (Å²) >= 11 is 2.17. The van der Waals surface area contributed by atoms with Gasteiger partial charge in [0.1, 0.15) is 0 Å². The van der Waals surface area contributed by atoms with Gasteiger partial charge in [0.15, 0.2) is 0 Å². The third-order valence-electron chi connectivity index (χ3n) is 23.7. The standard InChI is InChI=1S/C62H6S/c1-63-2-62-59-55-49-35-27-19-7-4-3-5-8(7)20-22-18-12(5)14-10-6(3)9-13-11(4)17-21(19)33(35)41-39-25(17)23(13)31-29-15(9)16(10)30-32-24(14)26(18)40-42-34(22)36(28(20)27)50(49)56(59)52(42)54-46(40)44(32)48-38(30)37(29)47-43(31)45(39)53(51(41)55)60(62)57(47)58(48)61(54)62/h59H,2H2,1H3. The average molecular weight is 783 g/mol. The van der Waals surface area contributed by atoms with E-state index >= 15 is 0 Å². The Kier molecular flexibility index (Phi) is 1.81. The quantitative estimate of drug-likeness (QED) is 0.157. The summed E-state index contributed by atoms with van der Waals surface area (Å²) in [5, 5.41) is 91.3. The van der Waals surface area contributed by atoms with Crippen LogP contribution in [0.1, 0.15) is 28.2 Å². The molecule has 0 fully saturated rings. The van der Waals surface area contributed by atoms with Crippen LogP contribution in [0.5, 0.6) is 0 Å². The lowest BCUT2D eigenvalue weighted by molar-refractivity contribution is 0.536. The molecule has 0 aromatic heterocycles. The molecule has 0 amide bonds. The molecule has 4 aliphatic carbocycles. The van der Waals surface area contributed by atoms with Gasteiger partial charge in [-0.25, -0.2) is 0 Å². The molecular weight excluding hydrogens is 777 g/mol. The van der Waals surface area contributed by atoms with Gasteiger partial charge in [0.25, 0.3) is 0 Å². The van der Waals surface area contributed by atoms with Crippen molar-refractivity contribution in [2.75, 3.05) is 12.0 Å². The van der Waals surface area contributed by atoms with Crippen LogP contribution in [0.25, 0.3) is 291 Å². The van der Waals surface area contributed by atoms with Gasteiger partial charge < -0.3 is 0 Å². The van der Waals surface area contributed by atoms with Crippen molar-refractivity contribution in [3.05, 3.63) is 22.3 Å². The van der Waals surface area contributed by atoms with Crippen molar-refractivity contribution in [2.24, 2.45) is 0 Å². The first-order valence-corrected chi connectivity index (χ1v) is 25.1. The van der Waals surface area contributed by atoms with E-state index in [1.807, 2.05) is 0 Å². The molecule has 63 heavy (non-hydrogen) atoms. The summed E-state index contributed by atoms with van der Waals surface area (Å²) < 4.78 is 0. The minimum atomic E-state index is -0.0786. The molecule has 1 heteroatoms. The molecule has 0 saturated carbocycles. The fourth-order valence-corrected chi connectivity index (χ4v) is 24.7. The van der Waals surface area contributed by atoms with E-state index in [4.69, 9.17) is 0 Å². The summed E-state index contributed by atoms with van der Waals surface area (Å²) in [5.74, 6) is 1.53. The highest BCUT2D eigenvalue weighted by molar-refractivity contribution is 7.98. The third kappa shape index (κ3) is 1.16. The molecule has 0 unspecified atom stereocenters. The first-order chi connectivity index (χ1) is 31.4. The van der Waals surface area contributed by atoms with Crippen LogP contribution in [0.15, 0.2) is 0 Å². The van der Waals surface area contributed by atoms with E-state index in [9.17, 15) is 0 Å². The zero-order valence-corrected chi connectivity index (χ0v) is 33.0. The highest BCUT2D eigenvalue weighted by Crippen LogP contribution is 2.83. The summed E-state index contributed by atoms with van der Waals surface area (Å²) in [6.45, 7) is 0. The highest BCUT2D eigenvalue weighted by atomic mass is 32.2. The van der Waals surface area contributed by atoms with Crippen LogP contribution < -0.4 is 0 Å². The molecule has 0 nitrogen and oxygen atoms in total. The lowest BCUT2D eigenvalue weighted by atomic mass is 9.58. The minimum Gasteiger partial charge on any atom is -0.164 e. The maximum Gasteiger partial charge on any atom is 0.0428 e. The Bertz CT molecular complexity index is 6650. The smallest absolute Gasteiger partial charge is 0.0428 e. The molecule has 0 radical (unpaired) electrons. The van der Waals surface area contributed by atoms with Gasteiger partial charge in [0.05, 0.1) is 0 Å². The number of rotatable bonds is 2. The molecule has 28 aromatic rings. The van der Waals surface area contributed by atoms with Crippen molar-refractivity contribution < 1.29 is 0 Å². The van der Waals surface area contributed by atoms with Crippen molar-refractivity contribution in [3.8, 4) is 0 Å². The maximum atomic E-state index is 2.46. The van der Waals surface area contributed by atoms with E-state index in [1.54, 1.807) is 313 Å². The molecule has 0 heterocycles. The van der Waals surface area contributed by atoms with Gasteiger partial charge in [0, 0.05) is 17.1 Å². The summed E-state index contributed by atoms with van der Waals surface area (Å²) in [6, 6.07) is 0. The molecule has 32 rings (SSSR count). The molecule has 0 bridgehead atoms. The molecule has 28 aromatic carbocycles. The zero-order valence-electron chi connectivity index (χ0n) is 32.2. The lowest BCUT2D eigenvalue weighted by Crippen LogP contribution is -2.39. The number of hydrogen-bond acceptors (Lipinski definition) is 1. The van der Waals surface area contributed by atoms with E-state index in [0.29, 0.717) is 5.92 Å². The highest BCUT2D eigenvalue weighted by Gasteiger charge is 2.62. The zero-order chi connectivity index (χ0) is 37.0. The van der Waals surface area contributed by atoms with Crippen LogP contribution >= 0.6 is 11.8 Å². The molecule has 0 spiro atoms. The van der Waals surface area contributed by atoms with E-state index in [0.717, 1.165) is 5.75 Å². The van der Waals surface area contributed by atoms with Crippen LogP contribution in [0.2, 0.25) is 0 Å². The molecule has 0 aliphatic heterocycles. The normalized spacial score (nSPS) is 21.8. The van der Waals surface area contributed by atoms with Crippen LogP contribution in [0.4, 0.5) is 0 Å². The van der Waals surface area contributed by atoms with Crippen molar-refractivity contribution in [1.29, 1.82) is 0 Å². The number of hydrogen-bond donors (Lipinski definition) is 0. The van der Waals surface area contributed by atoms with Gasteiger partial charge in [-0.15, -0.1) is 0 Å². The van der Waals surface area contributed by atoms with E-state index in [1.165, 1.54) is 0 Å². The fraction of sp³-hybridized carbons (Fsp3) is 0.0645. The summed E-state index contributed by atoms with van der Waals surface area (Å²) in [5.41, 5.74) is 7.11. The SMILES string of the molecule is CSCC12c3c4c5c6c7c8c(c9c%10c1c1c3c3c%11c4c4c5c5c7c7c%12c8c8c9c9c%10c%10c1c1c3c3c%11c%11c4c4c5c7c5c7c%12c8c8c9c9c%10c1c1c3c3c%11c4c5c4c7c8c9c1c34)C62. The Morgan fingerprint density at radius 2 is 0.365 bits per heavy atom. The Morgan fingerprint density at radius 3 is 0.556 bits per heavy atom. The van der Waals surface area contributed by atoms with Gasteiger partial charge in [-0.2, -0.15) is 11.8 Å². The second kappa shape index (κ2) is 5.02. The Labute approximate surface area is 346 Å².